The van der Waals surface area contributed by atoms with Gasteiger partial charge in [0, 0.05) is 42.3 Å². The van der Waals surface area contributed by atoms with E-state index in [9.17, 15) is 34.8 Å². The van der Waals surface area contributed by atoms with Crippen molar-refractivity contribution in [2.24, 2.45) is 23.5 Å². The highest BCUT2D eigenvalue weighted by Gasteiger charge is 2.63. The molecule has 6 N–H and O–H groups in total. The van der Waals surface area contributed by atoms with E-state index < -0.39 is 58.0 Å². The number of aliphatic hydroxyl groups is 3. The molecule has 2 aromatic rings. The number of methoxy groups -OCH3 is 1. The Bertz CT molecular complexity index is 1640. The van der Waals surface area contributed by atoms with E-state index in [1.165, 1.54) is 30.9 Å². The number of aromatic hydroxyl groups is 1. The Morgan fingerprint density at radius 3 is 2.38 bits per heavy atom. The number of fused-ring (bicyclic) bond motifs is 3. The van der Waals surface area contributed by atoms with Crippen LogP contribution in [-0.2, 0) is 29.1 Å². The fourth-order valence-corrected chi connectivity index (χ4v) is 7.67. The lowest BCUT2D eigenvalue weighted by atomic mass is 9.58. The van der Waals surface area contributed by atoms with Crippen LogP contribution in [0.2, 0.25) is 0 Å². The second-order valence-corrected chi connectivity index (χ2v) is 13.0. The van der Waals surface area contributed by atoms with Gasteiger partial charge >= 0.3 is 0 Å². The third-order valence-electron chi connectivity index (χ3n) is 9.81. The summed E-state index contributed by atoms with van der Waals surface area (Å²) in [5.74, 6) is -5.72. The van der Waals surface area contributed by atoms with E-state index >= 15 is 0 Å². The SMILES string of the molecule is COc1c(CN(Cc2ccccc2)CC2CC2)cc(O)c2c1C[C@H]1C[C@H]3[C@H](N(C)C)C(O)=C(C(N)=O)C(=O)[C@@]3(O)C(O)=C1C2=O. The number of likely N-dealkylation sites (N-methyl/N-ethyl adjacent to an activating group) is 1. The standard InChI is InChI=1S/C34H39N3O8/c1-36(2)27-22-12-19-11-21-25(28(39)24(19)31(41)34(22,44)32(42)26(29(27)40)33(35)43)23(38)13-20(30(21)45-3)16-37(15-18-9-10-18)14-17-7-5-4-6-8-17/h4-8,13,18-19,22,27,38,40-41,44H,9-12,14-16H2,1-3H3,(H2,35,43)/t19-,22-,27-,34-/m0/s1. The Kier molecular flexibility index (Phi) is 7.75. The van der Waals surface area contributed by atoms with Crippen LogP contribution < -0.4 is 10.5 Å². The van der Waals surface area contributed by atoms with Crippen molar-refractivity contribution in [1.29, 1.82) is 0 Å². The van der Waals surface area contributed by atoms with Gasteiger partial charge in [0.05, 0.1) is 18.7 Å². The fourth-order valence-electron chi connectivity index (χ4n) is 7.67. The molecule has 0 heterocycles. The van der Waals surface area contributed by atoms with Gasteiger partial charge in [-0.1, -0.05) is 30.3 Å². The van der Waals surface area contributed by atoms with Gasteiger partial charge in [0.1, 0.15) is 28.6 Å². The van der Waals surface area contributed by atoms with Crippen molar-refractivity contribution < 1.29 is 39.5 Å². The lowest BCUT2D eigenvalue weighted by Gasteiger charge is -2.50. The molecule has 0 bridgehead atoms. The number of carbonyl (C=O) groups excluding carboxylic acids is 3. The molecule has 0 spiro atoms. The molecule has 0 aromatic heterocycles. The summed E-state index contributed by atoms with van der Waals surface area (Å²) in [6, 6.07) is 10.6. The average Bonchev–Trinajstić information content (AvgIpc) is 3.79. The molecule has 0 aliphatic heterocycles. The number of Topliss-reactive ketones (excluding diaryl/α,β-unsaturated/α-hetero) is 2. The highest BCUT2D eigenvalue weighted by Crippen LogP contribution is 2.53. The summed E-state index contributed by atoms with van der Waals surface area (Å²) < 4.78 is 5.91. The zero-order chi connectivity index (χ0) is 32.4. The van der Waals surface area contributed by atoms with E-state index in [0.29, 0.717) is 35.9 Å². The lowest BCUT2D eigenvalue weighted by molar-refractivity contribution is -0.148. The average molecular weight is 618 g/mol. The van der Waals surface area contributed by atoms with Crippen LogP contribution in [0.4, 0.5) is 0 Å². The van der Waals surface area contributed by atoms with Gasteiger partial charge in [-0.05, 0) is 63.2 Å². The number of phenols is 1. The van der Waals surface area contributed by atoms with Crippen LogP contribution in [0, 0.1) is 17.8 Å². The molecule has 0 saturated heterocycles. The van der Waals surface area contributed by atoms with Crippen LogP contribution in [0.25, 0.3) is 0 Å². The van der Waals surface area contributed by atoms with Gasteiger partial charge in [0.2, 0.25) is 5.78 Å². The minimum absolute atomic E-state index is 0.0156. The maximum absolute atomic E-state index is 14.1. The molecular weight excluding hydrogens is 578 g/mol. The minimum Gasteiger partial charge on any atom is -0.510 e. The summed E-state index contributed by atoms with van der Waals surface area (Å²) in [5, 5.41) is 45.6. The van der Waals surface area contributed by atoms with Crippen molar-refractivity contribution in [3.05, 3.63) is 81.3 Å². The number of nitrogens with two attached hydrogens (primary N) is 1. The van der Waals surface area contributed by atoms with Gasteiger partial charge in [-0.2, -0.15) is 0 Å². The van der Waals surface area contributed by atoms with Gasteiger partial charge in [-0.15, -0.1) is 0 Å². The van der Waals surface area contributed by atoms with Crippen LogP contribution >= 0.6 is 0 Å². The first-order valence-corrected chi connectivity index (χ1v) is 15.2. The first-order chi connectivity index (χ1) is 21.4. The van der Waals surface area contributed by atoms with Crippen molar-refractivity contribution in [1.82, 2.24) is 9.80 Å². The largest absolute Gasteiger partial charge is 0.510 e. The molecule has 238 valence electrons. The monoisotopic (exact) mass is 617 g/mol. The van der Waals surface area contributed by atoms with Crippen LogP contribution in [0.15, 0.2) is 59.1 Å². The van der Waals surface area contributed by atoms with E-state index in [-0.39, 0.29) is 29.7 Å². The number of allylic oxidation sites excluding steroid dienone is 1. The number of hydrogen-bond acceptors (Lipinski definition) is 10. The second kappa shape index (κ2) is 11.3. The number of amides is 1. The number of rotatable bonds is 9. The molecule has 1 saturated carbocycles. The Morgan fingerprint density at radius 1 is 1.09 bits per heavy atom. The van der Waals surface area contributed by atoms with E-state index in [1.807, 2.05) is 18.2 Å². The molecule has 4 atom stereocenters. The molecule has 0 radical (unpaired) electrons. The zero-order valence-corrected chi connectivity index (χ0v) is 25.6. The zero-order valence-electron chi connectivity index (χ0n) is 25.6. The number of ether oxygens (including phenoxy) is 1. The Balaban J connectivity index is 1.42. The summed E-state index contributed by atoms with van der Waals surface area (Å²) >= 11 is 0. The Labute approximate surface area is 261 Å². The van der Waals surface area contributed by atoms with Crippen LogP contribution in [-0.4, -0.2) is 87.1 Å². The van der Waals surface area contributed by atoms with E-state index in [2.05, 4.69) is 17.0 Å². The molecule has 6 rings (SSSR count). The highest BCUT2D eigenvalue weighted by atomic mass is 16.5. The number of phenolic OH excluding ortho intramolecular Hbond substituents is 1. The second-order valence-electron chi connectivity index (χ2n) is 13.0. The number of hydrogen-bond donors (Lipinski definition) is 5. The van der Waals surface area contributed by atoms with Crippen molar-refractivity contribution in [3.8, 4) is 11.5 Å². The van der Waals surface area contributed by atoms with Gasteiger partial charge in [-0.3, -0.25) is 24.2 Å². The highest BCUT2D eigenvalue weighted by molar-refractivity contribution is 6.24. The first-order valence-electron chi connectivity index (χ1n) is 15.2. The van der Waals surface area contributed by atoms with E-state index in [0.717, 1.165) is 12.1 Å². The molecule has 11 nitrogen and oxygen atoms in total. The smallest absolute Gasteiger partial charge is 0.255 e. The van der Waals surface area contributed by atoms with Crippen molar-refractivity contribution >= 4 is 17.5 Å². The molecule has 2 aromatic carbocycles. The molecule has 1 fully saturated rings. The quantitative estimate of drug-likeness (QED) is 0.263. The van der Waals surface area contributed by atoms with Crippen LogP contribution in [0.1, 0.15) is 46.3 Å². The predicted molar refractivity (Wildman–Crippen MR) is 164 cm³/mol. The Morgan fingerprint density at radius 2 is 1.78 bits per heavy atom. The third kappa shape index (κ3) is 4.99. The fraction of sp³-hybridized carbons (Fsp3) is 0.441. The number of primary amides is 1. The molecule has 4 aliphatic rings. The molecule has 1 amide bonds. The molecule has 45 heavy (non-hydrogen) atoms. The van der Waals surface area contributed by atoms with Crippen molar-refractivity contribution in [2.75, 3.05) is 27.7 Å². The van der Waals surface area contributed by atoms with E-state index in [4.69, 9.17) is 10.5 Å². The number of benzene rings is 2. The topological polar surface area (TPSA) is 174 Å². The number of carbonyl (C=O) groups is 3. The minimum atomic E-state index is -2.68. The van der Waals surface area contributed by atoms with E-state index in [1.54, 1.807) is 14.1 Å². The molecule has 11 heteroatoms. The summed E-state index contributed by atoms with van der Waals surface area (Å²) in [6.45, 7) is 2.05. The number of aliphatic hydroxyl groups excluding tert-OH is 2. The summed E-state index contributed by atoms with van der Waals surface area (Å²) in [7, 11) is 4.72. The van der Waals surface area contributed by atoms with Crippen molar-refractivity contribution in [2.45, 2.75) is 50.4 Å². The van der Waals surface area contributed by atoms with Gasteiger partial charge in [0.15, 0.2) is 11.4 Å². The lowest BCUT2D eigenvalue weighted by Crippen LogP contribution is -2.63. The number of nitrogens with zero attached hydrogens (tertiary/aromatic N) is 2. The van der Waals surface area contributed by atoms with Gasteiger partial charge < -0.3 is 30.9 Å². The van der Waals surface area contributed by atoms with Crippen LogP contribution in [0.5, 0.6) is 11.5 Å². The van der Waals surface area contributed by atoms with Gasteiger partial charge in [-0.25, -0.2) is 0 Å². The van der Waals surface area contributed by atoms with Crippen molar-refractivity contribution in [3.63, 3.8) is 0 Å². The summed E-state index contributed by atoms with van der Waals surface area (Å²) in [5.41, 5.74) is 4.00. The first kappa shape index (κ1) is 30.8. The Hall–Kier alpha value is -4.19. The third-order valence-corrected chi connectivity index (χ3v) is 9.81. The predicted octanol–water partition coefficient (Wildman–Crippen LogP) is 2.54. The summed E-state index contributed by atoms with van der Waals surface area (Å²) in [6.07, 6.45) is 2.52. The summed E-state index contributed by atoms with van der Waals surface area (Å²) in [4.78, 5) is 43.6. The normalized spacial score (nSPS) is 26.2. The van der Waals surface area contributed by atoms with Crippen LogP contribution in [0.3, 0.4) is 0 Å². The molecule has 0 unspecified atom stereocenters. The molecular formula is C34H39N3O8. The number of ketones is 2. The maximum Gasteiger partial charge on any atom is 0.255 e. The maximum atomic E-state index is 14.1. The molecule has 4 aliphatic carbocycles. The van der Waals surface area contributed by atoms with Gasteiger partial charge in [0.25, 0.3) is 5.91 Å².